The van der Waals surface area contributed by atoms with E-state index in [2.05, 4.69) is 20.3 Å². The third kappa shape index (κ3) is 6.63. The molecule has 1 aromatic heterocycles. The van der Waals surface area contributed by atoms with Crippen LogP contribution in [0.25, 0.3) is 11.4 Å². The fourth-order valence-electron chi connectivity index (χ4n) is 3.37. The number of rotatable bonds is 10. The van der Waals surface area contributed by atoms with Crippen LogP contribution in [0.2, 0.25) is 0 Å². The van der Waals surface area contributed by atoms with E-state index in [0.29, 0.717) is 35.2 Å². The molecule has 6 nitrogen and oxygen atoms in total. The molecule has 35 heavy (non-hydrogen) atoms. The van der Waals surface area contributed by atoms with Gasteiger partial charge in [-0.25, -0.2) is 4.39 Å². The van der Waals surface area contributed by atoms with Crippen LogP contribution < -0.4 is 10.1 Å². The van der Waals surface area contributed by atoms with E-state index in [1.54, 1.807) is 22.8 Å². The number of hydrogen-bond donors (Lipinski definition) is 1. The van der Waals surface area contributed by atoms with Gasteiger partial charge in [0.25, 0.3) is 0 Å². The first-order valence-corrected chi connectivity index (χ1v) is 11.7. The molecule has 0 aliphatic heterocycles. The summed E-state index contributed by atoms with van der Waals surface area (Å²) in [7, 11) is 0. The van der Waals surface area contributed by atoms with Gasteiger partial charge in [0, 0.05) is 12.2 Å². The van der Waals surface area contributed by atoms with Crippen LogP contribution in [-0.2, 0) is 17.8 Å². The number of thioether (sulfide) groups is 1. The van der Waals surface area contributed by atoms with Gasteiger partial charge in [-0.3, -0.25) is 4.79 Å². The van der Waals surface area contributed by atoms with Crippen LogP contribution in [0.1, 0.15) is 5.56 Å². The van der Waals surface area contributed by atoms with E-state index < -0.39 is 12.4 Å². The van der Waals surface area contributed by atoms with Crippen molar-refractivity contribution in [1.29, 1.82) is 0 Å². The number of carbonyl (C=O) groups is 1. The summed E-state index contributed by atoms with van der Waals surface area (Å²) in [6.45, 7) is -2.42. The third-order valence-electron chi connectivity index (χ3n) is 4.99. The maximum atomic E-state index is 14.5. The van der Waals surface area contributed by atoms with Crippen LogP contribution >= 0.6 is 11.8 Å². The largest absolute Gasteiger partial charge is 0.435 e. The topological polar surface area (TPSA) is 69.0 Å². The first-order valence-electron chi connectivity index (χ1n) is 10.7. The van der Waals surface area contributed by atoms with Crippen LogP contribution in [0.4, 0.5) is 18.9 Å². The van der Waals surface area contributed by atoms with Crippen LogP contribution in [0.3, 0.4) is 0 Å². The lowest BCUT2D eigenvalue weighted by atomic mass is 10.1. The normalized spacial score (nSPS) is 11.0. The van der Waals surface area contributed by atoms with E-state index in [9.17, 15) is 18.0 Å². The van der Waals surface area contributed by atoms with E-state index in [4.69, 9.17) is 0 Å². The maximum absolute atomic E-state index is 14.5. The molecule has 0 unspecified atom stereocenters. The molecular weight excluding hydrogens is 477 g/mol. The Kier molecular flexibility index (Phi) is 8.04. The molecule has 0 spiro atoms. The van der Waals surface area contributed by atoms with Gasteiger partial charge >= 0.3 is 6.61 Å². The minimum absolute atomic E-state index is 0.000402. The van der Waals surface area contributed by atoms with Gasteiger partial charge < -0.3 is 14.6 Å². The molecule has 10 heteroatoms. The zero-order chi connectivity index (χ0) is 24.6. The van der Waals surface area contributed by atoms with Crippen molar-refractivity contribution in [3.63, 3.8) is 0 Å². The van der Waals surface area contributed by atoms with Gasteiger partial charge in [0.1, 0.15) is 11.6 Å². The fourth-order valence-corrected chi connectivity index (χ4v) is 4.14. The summed E-state index contributed by atoms with van der Waals surface area (Å²) >= 11 is 1.17. The molecule has 4 rings (SSSR count). The number of halogens is 3. The predicted molar refractivity (Wildman–Crippen MR) is 128 cm³/mol. The molecule has 3 aromatic carbocycles. The fraction of sp³-hybridized carbons (Fsp3) is 0.160. The number of hydrogen-bond acceptors (Lipinski definition) is 5. The summed E-state index contributed by atoms with van der Waals surface area (Å²) in [5.41, 5.74) is 1.87. The predicted octanol–water partition coefficient (Wildman–Crippen LogP) is 5.66. The molecule has 4 aromatic rings. The van der Waals surface area contributed by atoms with Gasteiger partial charge in [0.05, 0.1) is 11.3 Å². The maximum Gasteiger partial charge on any atom is 0.387 e. The van der Waals surface area contributed by atoms with Crippen molar-refractivity contribution in [1.82, 2.24) is 14.8 Å². The minimum Gasteiger partial charge on any atom is -0.435 e. The Bertz CT molecular complexity index is 1270. The van der Waals surface area contributed by atoms with Gasteiger partial charge in [-0.2, -0.15) is 8.78 Å². The molecule has 0 bridgehead atoms. The minimum atomic E-state index is -2.92. The Morgan fingerprint density at radius 2 is 1.69 bits per heavy atom. The van der Waals surface area contributed by atoms with Crippen molar-refractivity contribution in [2.24, 2.45) is 0 Å². The second kappa shape index (κ2) is 11.6. The second-order valence-electron chi connectivity index (χ2n) is 7.41. The lowest BCUT2D eigenvalue weighted by Gasteiger charge is -2.11. The smallest absolute Gasteiger partial charge is 0.387 e. The number of nitrogens with zero attached hydrogens (tertiary/aromatic N) is 3. The average molecular weight is 499 g/mol. The third-order valence-corrected chi connectivity index (χ3v) is 5.96. The summed E-state index contributed by atoms with van der Waals surface area (Å²) < 4.78 is 45.1. The van der Waals surface area contributed by atoms with Gasteiger partial charge in [0.15, 0.2) is 11.0 Å². The van der Waals surface area contributed by atoms with E-state index in [1.165, 1.54) is 42.1 Å². The van der Waals surface area contributed by atoms with Gasteiger partial charge in [-0.05, 0) is 48.4 Å². The lowest BCUT2D eigenvalue weighted by molar-refractivity contribution is -0.113. The number of anilines is 1. The molecule has 0 saturated carbocycles. The number of amides is 1. The van der Waals surface area contributed by atoms with Crippen LogP contribution in [-0.4, -0.2) is 33.0 Å². The van der Waals surface area contributed by atoms with Crippen molar-refractivity contribution in [3.8, 4) is 17.1 Å². The SMILES string of the molecule is O=C(CSc1nnc(-c2ccccc2F)n1CCc1ccccc1)Nc1ccc(OC(F)F)cc1. The molecule has 0 radical (unpaired) electrons. The van der Waals surface area contributed by atoms with Crippen LogP contribution in [0.5, 0.6) is 5.75 Å². The Morgan fingerprint density at radius 1 is 0.971 bits per heavy atom. The number of carbonyl (C=O) groups excluding carboxylic acids is 1. The van der Waals surface area contributed by atoms with Crippen LogP contribution in [0, 0.1) is 5.82 Å². The molecule has 0 fully saturated rings. The average Bonchev–Trinajstić information content (AvgIpc) is 3.26. The molecule has 0 saturated heterocycles. The summed E-state index contributed by atoms with van der Waals surface area (Å²) in [5.74, 6) is -0.316. The molecule has 0 atom stereocenters. The standard InChI is InChI=1S/C25H21F3N4O2S/c26-21-9-5-4-8-20(21)23-30-31-25(32(23)15-14-17-6-2-1-3-7-17)35-16-22(33)29-18-10-12-19(13-11-18)34-24(27)28/h1-13,24H,14-16H2,(H,29,33). The Balaban J connectivity index is 1.46. The first kappa shape index (κ1) is 24.3. The van der Waals surface area contributed by atoms with E-state index in [1.807, 2.05) is 30.3 Å². The molecule has 1 amide bonds. The lowest BCUT2D eigenvalue weighted by Crippen LogP contribution is -2.15. The van der Waals surface area contributed by atoms with Crippen LogP contribution in [0.15, 0.2) is 84.0 Å². The zero-order valence-electron chi connectivity index (χ0n) is 18.4. The quantitative estimate of drug-likeness (QED) is 0.286. The van der Waals surface area contributed by atoms with Crippen molar-refractivity contribution in [2.45, 2.75) is 24.7 Å². The van der Waals surface area contributed by atoms with E-state index in [-0.39, 0.29) is 17.4 Å². The summed E-state index contributed by atoms with van der Waals surface area (Å²) in [5, 5.41) is 11.6. The first-order chi connectivity index (χ1) is 17.0. The number of aryl methyl sites for hydroxylation is 1. The highest BCUT2D eigenvalue weighted by Gasteiger charge is 2.18. The highest BCUT2D eigenvalue weighted by molar-refractivity contribution is 7.99. The number of nitrogens with one attached hydrogen (secondary N) is 1. The van der Waals surface area contributed by atoms with Gasteiger partial charge in [0.2, 0.25) is 5.91 Å². The summed E-state index contributed by atoms with van der Waals surface area (Å²) in [6.07, 6.45) is 0.674. The van der Waals surface area contributed by atoms with E-state index >= 15 is 0 Å². The Hall–Kier alpha value is -3.79. The molecular formula is C25H21F3N4O2S. The zero-order valence-corrected chi connectivity index (χ0v) is 19.2. The van der Waals surface area contributed by atoms with Gasteiger partial charge in [-0.1, -0.05) is 54.2 Å². The Labute approximate surface area is 204 Å². The Morgan fingerprint density at radius 3 is 2.40 bits per heavy atom. The highest BCUT2D eigenvalue weighted by atomic mass is 32.2. The number of ether oxygens (including phenoxy) is 1. The molecule has 180 valence electrons. The van der Waals surface area contributed by atoms with Crippen molar-refractivity contribution >= 4 is 23.4 Å². The van der Waals surface area contributed by atoms with Crippen molar-refractivity contribution in [3.05, 3.63) is 90.2 Å². The highest BCUT2D eigenvalue weighted by Crippen LogP contribution is 2.27. The summed E-state index contributed by atoms with van der Waals surface area (Å²) in [6, 6.07) is 21.8. The second-order valence-corrected chi connectivity index (χ2v) is 8.36. The number of aromatic nitrogens is 3. The monoisotopic (exact) mass is 498 g/mol. The number of benzene rings is 3. The van der Waals surface area contributed by atoms with Gasteiger partial charge in [-0.15, -0.1) is 10.2 Å². The van der Waals surface area contributed by atoms with E-state index in [0.717, 1.165) is 5.56 Å². The molecule has 1 N–H and O–H groups in total. The number of alkyl halides is 2. The molecule has 1 heterocycles. The molecule has 0 aliphatic rings. The van der Waals surface area contributed by atoms with Crippen molar-refractivity contribution in [2.75, 3.05) is 11.1 Å². The summed E-state index contributed by atoms with van der Waals surface area (Å²) in [4.78, 5) is 12.5. The molecule has 0 aliphatic carbocycles. The van der Waals surface area contributed by atoms with Crippen molar-refractivity contribution < 1.29 is 22.7 Å².